The van der Waals surface area contributed by atoms with Gasteiger partial charge in [0.05, 0.1) is 0 Å². The second-order valence-corrected chi connectivity index (χ2v) is 4.51. The van der Waals surface area contributed by atoms with E-state index in [0.29, 0.717) is 12.6 Å². The zero-order valence-corrected chi connectivity index (χ0v) is 11.3. The van der Waals surface area contributed by atoms with Crippen LogP contribution in [-0.4, -0.2) is 24.0 Å². The SMILES string of the molecule is CCC(C)N(CC)C(CN)c1ccc(F)c(F)c1. The molecule has 0 aliphatic heterocycles. The van der Waals surface area contributed by atoms with Gasteiger partial charge in [0.15, 0.2) is 11.6 Å². The maximum Gasteiger partial charge on any atom is 0.159 e. The van der Waals surface area contributed by atoms with Gasteiger partial charge in [-0.1, -0.05) is 19.9 Å². The maximum absolute atomic E-state index is 13.3. The molecule has 0 aliphatic rings. The highest BCUT2D eigenvalue weighted by Crippen LogP contribution is 2.24. The van der Waals surface area contributed by atoms with Crippen LogP contribution in [0.25, 0.3) is 0 Å². The summed E-state index contributed by atoms with van der Waals surface area (Å²) in [5, 5.41) is 0. The van der Waals surface area contributed by atoms with Crippen molar-refractivity contribution < 1.29 is 8.78 Å². The van der Waals surface area contributed by atoms with Crippen molar-refractivity contribution in [2.45, 2.75) is 39.3 Å². The topological polar surface area (TPSA) is 29.3 Å². The van der Waals surface area contributed by atoms with Gasteiger partial charge >= 0.3 is 0 Å². The molecule has 0 radical (unpaired) electrons. The molecular formula is C14H22F2N2. The Morgan fingerprint density at radius 1 is 1.22 bits per heavy atom. The fourth-order valence-corrected chi connectivity index (χ4v) is 2.26. The van der Waals surface area contributed by atoms with Crippen molar-refractivity contribution in [2.75, 3.05) is 13.1 Å². The first-order chi connectivity index (χ1) is 8.54. The molecule has 0 aliphatic carbocycles. The lowest BCUT2D eigenvalue weighted by Gasteiger charge is -2.35. The van der Waals surface area contributed by atoms with Gasteiger partial charge in [0.25, 0.3) is 0 Å². The van der Waals surface area contributed by atoms with E-state index in [-0.39, 0.29) is 6.04 Å². The molecule has 2 N–H and O–H groups in total. The van der Waals surface area contributed by atoms with Crippen LogP contribution in [0, 0.1) is 11.6 Å². The van der Waals surface area contributed by atoms with Gasteiger partial charge in [0.2, 0.25) is 0 Å². The van der Waals surface area contributed by atoms with E-state index in [1.54, 1.807) is 6.07 Å². The summed E-state index contributed by atoms with van der Waals surface area (Å²) in [5.74, 6) is -1.63. The Morgan fingerprint density at radius 2 is 1.89 bits per heavy atom. The van der Waals surface area contributed by atoms with Gasteiger partial charge in [-0.2, -0.15) is 0 Å². The van der Waals surface area contributed by atoms with Crippen molar-refractivity contribution in [3.8, 4) is 0 Å². The van der Waals surface area contributed by atoms with Crippen LogP contribution in [0.5, 0.6) is 0 Å². The molecule has 0 heterocycles. The van der Waals surface area contributed by atoms with Gasteiger partial charge in [-0.3, -0.25) is 4.90 Å². The Morgan fingerprint density at radius 3 is 2.33 bits per heavy atom. The lowest BCUT2D eigenvalue weighted by Crippen LogP contribution is -2.39. The van der Waals surface area contributed by atoms with Crippen molar-refractivity contribution >= 4 is 0 Å². The lowest BCUT2D eigenvalue weighted by atomic mass is 10.0. The number of hydrogen-bond acceptors (Lipinski definition) is 2. The fourth-order valence-electron chi connectivity index (χ4n) is 2.26. The first-order valence-electron chi connectivity index (χ1n) is 6.45. The average molecular weight is 256 g/mol. The van der Waals surface area contributed by atoms with Gasteiger partial charge in [-0.05, 0) is 37.6 Å². The highest BCUT2D eigenvalue weighted by atomic mass is 19.2. The highest BCUT2D eigenvalue weighted by Gasteiger charge is 2.22. The van der Waals surface area contributed by atoms with Crippen molar-refractivity contribution in [1.29, 1.82) is 0 Å². The van der Waals surface area contributed by atoms with E-state index in [1.807, 2.05) is 0 Å². The molecule has 0 saturated heterocycles. The van der Waals surface area contributed by atoms with Crippen molar-refractivity contribution in [3.63, 3.8) is 0 Å². The van der Waals surface area contributed by atoms with Crippen LogP contribution in [0.1, 0.15) is 38.8 Å². The number of rotatable bonds is 6. The highest BCUT2D eigenvalue weighted by molar-refractivity contribution is 5.22. The molecule has 1 aromatic rings. The average Bonchev–Trinajstić information content (AvgIpc) is 2.38. The zero-order chi connectivity index (χ0) is 13.7. The van der Waals surface area contributed by atoms with E-state index in [4.69, 9.17) is 5.73 Å². The van der Waals surface area contributed by atoms with E-state index in [9.17, 15) is 8.78 Å². The second-order valence-electron chi connectivity index (χ2n) is 4.51. The van der Waals surface area contributed by atoms with Gasteiger partial charge < -0.3 is 5.73 Å². The maximum atomic E-state index is 13.3. The van der Waals surface area contributed by atoms with Gasteiger partial charge in [0.1, 0.15) is 0 Å². The van der Waals surface area contributed by atoms with Crippen LogP contribution >= 0.6 is 0 Å². The Balaban J connectivity index is 3.03. The van der Waals surface area contributed by atoms with E-state index in [1.165, 1.54) is 6.07 Å². The van der Waals surface area contributed by atoms with E-state index in [2.05, 4.69) is 25.7 Å². The molecule has 0 saturated carbocycles. The molecule has 0 fully saturated rings. The van der Waals surface area contributed by atoms with Crippen LogP contribution in [0.15, 0.2) is 18.2 Å². The third kappa shape index (κ3) is 3.27. The minimum absolute atomic E-state index is 0.0694. The quantitative estimate of drug-likeness (QED) is 0.847. The van der Waals surface area contributed by atoms with Crippen LogP contribution in [0.4, 0.5) is 8.78 Å². The number of halogens is 2. The van der Waals surface area contributed by atoms with E-state index >= 15 is 0 Å². The normalized spacial score (nSPS) is 14.8. The zero-order valence-electron chi connectivity index (χ0n) is 11.3. The molecule has 18 heavy (non-hydrogen) atoms. The molecule has 2 unspecified atom stereocenters. The summed E-state index contributed by atoms with van der Waals surface area (Å²) in [6, 6.07) is 4.31. The van der Waals surface area contributed by atoms with Crippen molar-refractivity contribution in [1.82, 2.24) is 4.90 Å². The summed E-state index contributed by atoms with van der Waals surface area (Å²) in [7, 11) is 0. The fraction of sp³-hybridized carbons (Fsp3) is 0.571. The third-order valence-corrected chi connectivity index (χ3v) is 3.47. The molecule has 4 heteroatoms. The largest absolute Gasteiger partial charge is 0.329 e. The van der Waals surface area contributed by atoms with E-state index < -0.39 is 11.6 Å². The molecular weight excluding hydrogens is 234 g/mol. The summed E-state index contributed by atoms with van der Waals surface area (Å²) < 4.78 is 26.2. The lowest BCUT2D eigenvalue weighted by molar-refractivity contribution is 0.151. The second kappa shape index (κ2) is 6.81. The molecule has 0 bridgehead atoms. The number of likely N-dealkylation sites (N-methyl/N-ethyl adjacent to an activating group) is 1. The Hall–Kier alpha value is -1.00. The van der Waals surface area contributed by atoms with Crippen LogP contribution in [0.3, 0.4) is 0 Å². The smallest absolute Gasteiger partial charge is 0.159 e. The summed E-state index contributed by atoms with van der Waals surface area (Å²) >= 11 is 0. The van der Waals surface area contributed by atoms with Gasteiger partial charge in [-0.25, -0.2) is 8.78 Å². The first kappa shape index (κ1) is 15.1. The van der Waals surface area contributed by atoms with Crippen LogP contribution in [-0.2, 0) is 0 Å². The molecule has 1 aromatic carbocycles. The predicted octanol–water partition coefficient (Wildman–Crippen LogP) is 3.09. The minimum atomic E-state index is -0.818. The Kier molecular flexibility index (Phi) is 5.69. The number of benzene rings is 1. The number of nitrogens with zero attached hydrogens (tertiary/aromatic N) is 1. The number of nitrogens with two attached hydrogens (primary N) is 1. The summed E-state index contributed by atoms with van der Waals surface area (Å²) in [5.41, 5.74) is 6.54. The van der Waals surface area contributed by atoms with Crippen LogP contribution in [0.2, 0.25) is 0 Å². The molecule has 2 atom stereocenters. The van der Waals surface area contributed by atoms with Gasteiger partial charge in [-0.15, -0.1) is 0 Å². The summed E-state index contributed by atoms with van der Waals surface area (Å²) in [6.45, 7) is 7.49. The first-order valence-corrected chi connectivity index (χ1v) is 6.45. The van der Waals surface area contributed by atoms with E-state index in [0.717, 1.165) is 24.6 Å². The van der Waals surface area contributed by atoms with Crippen molar-refractivity contribution in [3.05, 3.63) is 35.4 Å². The molecule has 0 amide bonds. The van der Waals surface area contributed by atoms with Crippen molar-refractivity contribution in [2.24, 2.45) is 5.73 Å². The summed E-state index contributed by atoms with van der Waals surface area (Å²) in [6.07, 6.45) is 0.994. The van der Waals surface area contributed by atoms with Crippen LogP contribution < -0.4 is 5.73 Å². The summed E-state index contributed by atoms with van der Waals surface area (Å²) in [4.78, 5) is 2.21. The Bertz CT molecular complexity index is 382. The molecule has 2 nitrogen and oxygen atoms in total. The third-order valence-electron chi connectivity index (χ3n) is 3.47. The monoisotopic (exact) mass is 256 g/mol. The molecule has 0 aromatic heterocycles. The molecule has 0 spiro atoms. The Labute approximate surface area is 108 Å². The molecule has 102 valence electrons. The number of hydrogen-bond donors (Lipinski definition) is 1. The van der Waals surface area contributed by atoms with Gasteiger partial charge in [0, 0.05) is 18.6 Å². The minimum Gasteiger partial charge on any atom is -0.329 e. The molecule has 1 rings (SSSR count). The predicted molar refractivity (Wildman–Crippen MR) is 70.3 cm³/mol. The standard InChI is InChI=1S/C14H22F2N2/c1-4-10(3)18(5-2)14(9-17)11-6-7-12(15)13(16)8-11/h6-8,10,14H,4-5,9,17H2,1-3H3.